The third-order valence-corrected chi connectivity index (χ3v) is 5.53. The Balaban J connectivity index is 1.67. The minimum Gasteiger partial charge on any atom is -0.493 e. The van der Waals surface area contributed by atoms with Crippen LogP contribution in [0.25, 0.3) is 0 Å². The number of hydrogen-bond donors (Lipinski definition) is 0. The van der Waals surface area contributed by atoms with Crippen LogP contribution in [-0.2, 0) is 6.42 Å². The first-order valence-electron chi connectivity index (χ1n) is 8.30. The predicted molar refractivity (Wildman–Crippen MR) is 95.8 cm³/mol. The highest BCUT2D eigenvalue weighted by Gasteiger charge is 2.45. The molecule has 0 aliphatic carbocycles. The Hall–Kier alpha value is -2.21. The zero-order valence-electron chi connectivity index (χ0n) is 14.0. The number of hydrogen-bond acceptors (Lipinski definition) is 6. The van der Waals surface area contributed by atoms with Crippen molar-refractivity contribution in [2.75, 3.05) is 18.6 Å². The lowest BCUT2D eigenvalue weighted by Crippen LogP contribution is -2.42. The van der Waals surface area contributed by atoms with Crippen LogP contribution in [0, 0.1) is 0 Å². The summed E-state index contributed by atoms with van der Waals surface area (Å²) in [5.41, 5.74) is 1.47. The maximum absolute atomic E-state index is 12.8. The Kier molecular flexibility index (Phi) is 4.29. The van der Waals surface area contributed by atoms with E-state index >= 15 is 0 Å². The number of fused-ring (bicyclic) bond motifs is 1. The van der Waals surface area contributed by atoms with Crippen molar-refractivity contribution in [3.63, 3.8) is 0 Å². The number of aromatic nitrogens is 1. The maximum Gasteiger partial charge on any atom is 0.253 e. The van der Waals surface area contributed by atoms with E-state index in [1.165, 1.54) is 0 Å². The van der Waals surface area contributed by atoms with Crippen molar-refractivity contribution in [1.29, 1.82) is 0 Å². The molecule has 0 unspecified atom stereocenters. The Morgan fingerprint density at radius 1 is 1.16 bits per heavy atom. The fraction of sp³-hybridized carbons (Fsp3) is 0.368. The van der Waals surface area contributed by atoms with Crippen molar-refractivity contribution in [3.05, 3.63) is 47.8 Å². The average molecular weight is 357 g/mol. The van der Waals surface area contributed by atoms with Crippen LogP contribution in [0.1, 0.15) is 28.8 Å². The van der Waals surface area contributed by atoms with Crippen molar-refractivity contribution < 1.29 is 19.0 Å². The number of Topliss-reactive ketones (excluding diaryl/α,β-unsaturated/α-hetero) is 1. The maximum atomic E-state index is 12.8. The van der Waals surface area contributed by atoms with E-state index in [0.717, 1.165) is 29.9 Å². The first kappa shape index (κ1) is 16.3. The van der Waals surface area contributed by atoms with E-state index in [4.69, 9.17) is 14.2 Å². The van der Waals surface area contributed by atoms with Crippen molar-refractivity contribution in [3.8, 4) is 17.2 Å². The molecule has 1 saturated heterocycles. The van der Waals surface area contributed by atoms with Gasteiger partial charge in [0.15, 0.2) is 17.3 Å². The van der Waals surface area contributed by atoms with Crippen LogP contribution in [0.15, 0.2) is 36.7 Å². The number of methoxy groups -OCH3 is 1. The number of rotatable bonds is 4. The van der Waals surface area contributed by atoms with E-state index in [1.807, 2.05) is 23.9 Å². The number of ether oxygens (including phenoxy) is 3. The van der Waals surface area contributed by atoms with Gasteiger partial charge in [0, 0.05) is 43.2 Å². The number of pyridine rings is 1. The molecule has 1 aromatic heterocycles. The van der Waals surface area contributed by atoms with E-state index in [-0.39, 0.29) is 5.78 Å². The van der Waals surface area contributed by atoms with E-state index < -0.39 is 5.79 Å². The van der Waals surface area contributed by atoms with E-state index in [2.05, 4.69) is 4.98 Å². The lowest BCUT2D eigenvalue weighted by atomic mass is 10.0. The van der Waals surface area contributed by atoms with E-state index in [0.29, 0.717) is 29.2 Å². The van der Waals surface area contributed by atoms with Gasteiger partial charge in [0.05, 0.1) is 12.7 Å². The molecule has 25 heavy (non-hydrogen) atoms. The average Bonchev–Trinajstić information content (AvgIpc) is 3.00. The Morgan fingerprint density at radius 2 is 1.88 bits per heavy atom. The molecule has 2 aliphatic rings. The highest BCUT2D eigenvalue weighted by Crippen LogP contribution is 2.51. The summed E-state index contributed by atoms with van der Waals surface area (Å²) in [6, 6.07) is 7.23. The summed E-state index contributed by atoms with van der Waals surface area (Å²) in [5.74, 6) is 2.97. The molecule has 0 amide bonds. The minimum absolute atomic E-state index is 0.00376. The first-order chi connectivity index (χ1) is 12.2. The zero-order valence-corrected chi connectivity index (χ0v) is 14.8. The Morgan fingerprint density at radius 3 is 2.60 bits per heavy atom. The molecule has 130 valence electrons. The molecule has 3 heterocycles. The SMILES string of the molecule is COc1ccc(C(=O)Cc2ccncc2)c2c1OC1(CCSCC1)O2. The van der Waals surface area contributed by atoms with Gasteiger partial charge in [-0.2, -0.15) is 11.8 Å². The second kappa shape index (κ2) is 6.59. The lowest BCUT2D eigenvalue weighted by molar-refractivity contribution is -0.0852. The smallest absolute Gasteiger partial charge is 0.253 e. The van der Waals surface area contributed by atoms with Gasteiger partial charge in [0.1, 0.15) is 0 Å². The van der Waals surface area contributed by atoms with Crippen LogP contribution in [0.3, 0.4) is 0 Å². The van der Waals surface area contributed by atoms with Gasteiger partial charge in [-0.15, -0.1) is 0 Å². The predicted octanol–water partition coefficient (Wildman–Crippen LogP) is 3.51. The molecular formula is C19H19NO4S. The van der Waals surface area contributed by atoms with Crippen molar-refractivity contribution in [1.82, 2.24) is 4.98 Å². The van der Waals surface area contributed by atoms with Gasteiger partial charge in [-0.25, -0.2) is 0 Å². The number of carbonyl (C=O) groups is 1. The molecule has 1 spiro atoms. The minimum atomic E-state index is -0.659. The van der Waals surface area contributed by atoms with E-state index in [1.54, 1.807) is 31.6 Å². The number of ketones is 1. The third kappa shape index (κ3) is 3.06. The topological polar surface area (TPSA) is 57.7 Å². The number of carbonyl (C=O) groups excluding carboxylic acids is 1. The molecule has 1 aromatic carbocycles. The lowest BCUT2D eigenvalue weighted by Gasteiger charge is -2.31. The molecule has 0 atom stereocenters. The van der Waals surface area contributed by atoms with Crippen LogP contribution >= 0.6 is 11.8 Å². The first-order valence-corrected chi connectivity index (χ1v) is 9.45. The summed E-state index contributed by atoms with van der Waals surface area (Å²) in [4.78, 5) is 16.8. The van der Waals surface area contributed by atoms with Crippen molar-refractivity contribution >= 4 is 17.5 Å². The van der Waals surface area contributed by atoms with Crippen LogP contribution in [-0.4, -0.2) is 35.2 Å². The van der Waals surface area contributed by atoms with Crippen LogP contribution < -0.4 is 14.2 Å². The standard InChI is InChI=1S/C19H19NO4S/c1-22-16-3-2-14(15(21)12-13-4-8-20-9-5-13)17-18(16)24-19(23-17)6-10-25-11-7-19/h2-5,8-9H,6-7,10-12H2,1H3. The van der Waals surface area contributed by atoms with Crippen molar-refractivity contribution in [2.45, 2.75) is 25.0 Å². The highest BCUT2D eigenvalue weighted by molar-refractivity contribution is 7.99. The molecule has 5 nitrogen and oxygen atoms in total. The Labute approximate surface area is 150 Å². The fourth-order valence-corrected chi connectivity index (χ4v) is 4.30. The monoisotopic (exact) mass is 357 g/mol. The third-order valence-electron chi connectivity index (χ3n) is 4.54. The van der Waals surface area contributed by atoms with Gasteiger partial charge in [-0.05, 0) is 29.8 Å². The van der Waals surface area contributed by atoms with E-state index in [9.17, 15) is 4.79 Å². The van der Waals surface area contributed by atoms with Gasteiger partial charge < -0.3 is 14.2 Å². The van der Waals surface area contributed by atoms with Gasteiger partial charge in [0.25, 0.3) is 5.79 Å². The van der Waals surface area contributed by atoms with Gasteiger partial charge in [-0.3, -0.25) is 9.78 Å². The molecular weight excluding hydrogens is 338 g/mol. The number of benzene rings is 1. The molecule has 0 radical (unpaired) electrons. The summed E-state index contributed by atoms with van der Waals surface area (Å²) in [6.07, 6.45) is 5.28. The molecule has 0 saturated carbocycles. The van der Waals surface area contributed by atoms with Gasteiger partial charge in [0.2, 0.25) is 5.75 Å². The largest absolute Gasteiger partial charge is 0.493 e. The Bertz CT molecular complexity index is 788. The molecule has 0 bridgehead atoms. The summed E-state index contributed by atoms with van der Waals surface area (Å²) < 4.78 is 17.8. The molecule has 2 aromatic rings. The molecule has 6 heteroatoms. The molecule has 4 rings (SSSR count). The van der Waals surface area contributed by atoms with Gasteiger partial charge >= 0.3 is 0 Å². The summed E-state index contributed by atoms with van der Waals surface area (Å²) in [6.45, 7) is 0. The van der Waals surface area contributed by atoms with Crippen LogP contribution in [0.5, 0.6) is 17.2 Å². The fourth-order valence-electron chi connectivity index (χ4n) is 3.18. The number of nitrogens with zero attached hydrogens (tertiary/aromatic N) is 1. The number of thioether (sulfide) groups is 1. The normalized spacial score (nSPS) is 17.5. The molecule has 1 fully saturated rings. The van der Waals surface area contributed by atoms with Crippen LogP contribution in [0.4, 0.5) is 0 Å². The van der Waals surface area contributed by atoms with Crippen LogP contribution in [0.2, 0.25) is 0 Å². The second-order valence-electron chi connectivity index (χ2n) is 6.16. The molecule has 2 aliphatic heterocycles. The second-order valence-corrected chi connectivity index (χ2v) is 7.38. The summed E-state index contributed by atoms with van der Waals surface area (Å²) in [7, 11) is 1.60. The molecule has 0 N–H and O–H groups in total. The van der Waals surface area contributed by atoms with Crippen molar-refractivity contribution in [2.24, 2.45) is 0 Å². The quantitative estimate of drug-likeness (QED) is 0.781. The zero-order chi connectivity index (χ0) is 17.3. The summed E-state index contributed by atoms with van der Waals surface area (Å²) >= 11 is 1.89. The summed E-state index contributed by atoms with van der Waals surface area (Å²) in [5, 5.41) is 0. The van der Waals surface area contributed by atoms with Gasteiger partial charge in [-0.1, -0.05) is 0 Å². The highest BCUT2D eigenvalue weighted by atomic mass is 32.2.